The van der Waals surface area contributed by atoms with E-state index in [1.807, 2.05) is 47.0 Å². The fraction of sp³-hybridized carbons (Fsp3) is 0.160. The molecule has 1 heterocycles. The highest BCUT2D eigenvalue weighted by Crippen LogP contribution is 2.19. The number of hydrogen-bond donors (Lipinski definition) is 1. The number of hydrogen-bond acceptors (Lipinski definition) is 4. The predicted molar refractivity (Wildman–Crippen MR) is 131 cm³/mol. The molecule has 0 fully saturated rings. The van der Waals surface area contributed by atoms with Crippen molar-refractivity contribution in [3.63, 3.8) is 0 Å². The first-order chi connectivity index (χ1) is 16.0. The number of nitrogens with one attached hydrogen (secondary N) is 1. The van der Waals surface area contributed by atoms with Crippen LogP contribution < -0.4 is 10.1 Å². The lowest BCUT2D eigenvalue weighted by molar-refractivity contribution is 0.0936. The van der Waals surface area contributed by atoms with E-state index in [9.17, 15) is 9.59 Å². The van der Waals surface area contributed by atoms with E-state index in [4.69, 9.17) is 16.3 Å². The van der Waals surface area contributed by atoms with Crippen molar-refractivity contribution in [1.82, 2.24) is 9.88 Å². The summed E-state index contributed by atoms with van der Waals surface area (Å²) in [4.78, 5) is 30.2. The summed E-state index contributed by atoms with van der Waals surface area (Å²) in [5, 5.41) is 3.32. The molecule has 0 aliphatic rings. The predicted octanol–water partition coefficient (Wildman–Crippen LogP) is 4.52. The van der Waals surface area contributed by atoms with E-state index in [1.54, 1.807) is 37.4 Å². The van der Waals surface area contributed by atoms with Gasteiger partial charge in [-0.05, 0) is 48.0 Å². The summed E-state index contributed by atoms with van der Waals surface area (Å²) in [6.07, 6.45) is 0. The molecule has 0 saturated heterocycles. The smallest absolute Gasteiger partial charge is 0.279 e. The lowest BCUT2D eigenvalue weighted by Gasteiger charge is -2.09. The van der Waals surface area contributed by atoms with E-state index >= 15 is 0 Å². The second-order valence-corrected chi connectivity index (χ2v) is 8.76. The highest BCUT2D eigenvalue weighted by atomic mass is 35.5. The molecule has 0 radical (unpaired) electrons. The molecule has 0 atom stereocenters. The Bertz CT molecular complexity index is 1380. The van der Waals surface area contributed by atoms with Crippen LogP contribution in [-0.2, 0) is 11.3 Å². The van der Waals surface area contributed by atoms with Crippen LogP contribution in [0.1, 0.15) is 26.3 Å². The summed E-state index contributed by atoms with van der Waals surface area (Å²) in [6, 6.07) is 22.1. The number of carbonyl (C=O) groups excluding carboxylic acids is 2. The molecule has 3 aromatic carbocycles. The van der Waals surface area contributed by atoms with Crippen LogP contribution in [0, 0.1) is 0 Å². The highest BCUT2D eigenvalue weighted by Gasteiger charge is 2.11. The number of rotatable bonds is 7. The van der Waals surface area contributed by atoms with Crippen molar-refractivity contribution in [3.8, 4) is 0 Å². The van der Waals surface area contributed by atoms with Gasteiger partial charge >= 0.3 is 0 Å². The number of methoxy groups -OCH3 is 1. The summed E-state index contributed by atoms with van der Waals surface area (Å²) < 4.78 is 7.99. The fourth-order valence-electron chi connectivity index (χ4n) is 3.39. The van der Waals surface area contributed by atoms with E-state index in [-0.39, 0.29) is 11.8 Å². The molecule has 8 heteroatoms. The molecule has 0 aliphatic carbocycles. The zero-order valence-corrected chi connectivity index (χ0v) is 19.5. The normalized spacial score (nSPS) is 11.6. The first-order valence-corrected chi connectivity index (χ1v) is 11.5. The van der Waals surface area contributed by atoms with Gasteiger partial charge in [0.25, 0.3) is 11.8 Å². The molecule has 6 nitrogen and oxygen atoms in total. The van der Waals surface area contributed by atoms with Crippen LogP contribution in [0.3, 0.4) is 0 Å². The second-order valence-electron chi connectivity index (χ2n) is 7.31. The summed E-state index contributed by atoms with van der Waals surface area (Å²) >= 11 is 7.48. The van der Waals surface area contributed by atoms with Gasteiger partial charge in [0.15, 0.2) is 4.80 Å². The van der Waals surface area contributed by atoms with Crippen molar-refractivity contribution in [2.45, 2.75) is 6.54 Å². The minimum atomic E-state index is -0.357. The van der Waals surface area contributed by atoms with Gasteiger partial charge in [-0.3, -0.25) is 9.59 Å². The third-order valence-corrected chi connectivity index (χ3v) is 6.27. The van der Waals surface area contributed by atoms with Crippen LogP contribution >= 0.6 is 22.9 Å². The second kappa shape index (κ2) is 10.6. The molecule has 4 aromatic rings. The Hall–Kier alpha value is -3.26. The maximum atomic E-state index is 12.8. The van der Waals surface area contributed by atoms with Crippen molar-refractivity contribution >= 4 is 45.0 Å². The van der Waals surface area contributed by atoms with Gasteiger partial charge in [0.05, 0.1) is 23.4 Å². The van der Waals surface area contributed by atoms with Gasteiger partial charge in [-0.15, -0.1) is 0 Å². The third-order valence-electron chi connectivity index (χ3n) is 4.98. The quantitative estimate of drug-likeness (QED) is 0.396. The molecule has 0 unspecified atom stereocenters. The molecule has 0 bridgehead atoms. The molecule has 168 valence electrons. The molecule has 1 aromatic heterocycles. The Morgan fingerprint density at radius 2 is 1.82 bits per heavy atom. The number of benzene rings is 3. The zero-order chi connectivity index (χ0) is 23.2. The van der Waals surface area contributed by atoms with E-state index in [2.05, 4.69) is 10.3 Å². The van der Waals surface area contributed by atoms with Crippen LogP contribution in [-0.4, -0.2) is 36.6 Å². The van der Waals surface area contributed by atoms with E-state index in [0.29, 0.717) is 40.6 Å². The molecule has 33 heavy (non-hydrogen) atoms. The number of halogens is 1. The van der Waals surface area contributed by atoms with Crippen LogP contribution in [0.15, 0.2) is 77.8 Å². The number of para-hydroxylation sites is 1. The van der Waals surface area contributed by atoms with Crippen molar-refractivity contribution in [1.29, 1.82) is 0 Å². The molecule has 0 aliphatic heterocycles. The van der Waals surface area contributed by atoms with Gasteiger partial charge in [-0.2, -0.15) is 4.99 Å². The van der Waals surface area contributed by atoms with Crippen LogP contribution in [0.5, 0.6) is 0 Å². The van der Waals surface area contributed by atoms with E-state index in [1.165, 1.54) is 11.3 Å². The Kier molecular flexibility index (Phi) is 7.34. The van der Waals surface area contributed by atoms with Gasteiger partial charge < -0.3 is 14.6 Å². The molecular formula is C25H22ClN3O3S. The largest absolute Gasteiger partial charge is 0.383 e. The van der Waals surface area contributed by atoms with Gasteiger partial charge in [0, 0.05) is 29.8 Å². The lowest BCUT2D eigenvalue weighted by Crippen LogP contribution is -2.27. The monoisotopic (exact) mass is 479 g/mol. The molecule has 0 spiro atoms. The topological polar surface area (TPSA) is 72.7 Å². The molecular weight excluding hydrogens is 458 g/mol. The average molecular weight is 480 g/mol. The number of thiazole rings is 1. The Morgan fingerprint density at radius 3 is 2.64 bits per heavy atom. The maximum absolute atomic E-state index is 12.8. The van der Waals surface area contributed by atoms with Crippen molar-refractivity contribution in [3.05, 3.63) is 99.3 Å². The lowest BCUT2D eigenvalue weighted by atomic mass is 10.1. The first kappa shape index (κ1) is 22.9. The molecule has 2 amide bonds. The molecule has 0 saturated carbocycles. The average Bonchev–Trinajstić information content (AvgIpc) is 3.16. The zero-order valence-electron chi connectivity index (χ0n) is 18.0. The van der Waals surface area contributed by atoms with Crippen molar-refractivity contribution < 1.29 is 14.3 Å². The summed E-state index contributed by atoms with van der Waals surface area (Å²) in [6.45, 7) is 1.36. The Balaban J connectivity index is 1.69. The molecule has 4 rings (SSSR count). The summed E-state index contributed by atoms with van der Waals surface area (Å²) in [7, 11) is 1.59. The van der Waals surface area contributed by atoms with Crippen LogP contribution in [0.25, 0.3) is 10.2 Å². The Labute approximate surface area is 200 Å². The number of ether oxygens (including phenoxy) is 1. The first-order valence-electron chi connectivity index (χ1n) is 10.3. The number of fused-ring (bicyclic) bond motifs is 1. The maximum Gasteiger partial charge on any atom is 0.279 e. The molecule has 1 N–H and O–H groups in total. The van der Waals surface area contributed by atoms with Crippen LogP contribution in [0.2, 0.25) is 5.02 Å². The third kappa shape index (κ3) is 5.57. The van der Waals surface area contributed by atoms with Gasteiger partial charge in [0.2, 0.25) is 0 Å². The summed E-state index contributed by atoms with van der Waals surface area (Å²) in [5.41, 5.74) is 2.89. The Morgan fingerprint density at radius 1 is 1.03 bits per heavy atom. The number of carbonyl (C=O) groups is 2. The minimum Gasteiger partial charge on any atom is -0.383 e. The van der Waals surface area contributed by atoms with Gasteiger partial charge in [0.1, 0.15) is 0 Å². The van der Waals surface area contributed by atoms with Crippen molar-refractivity contribution in [2.24, 2.45) is 4.99 Å². The van der Waals surface area contributed by atoms with Gasteiger partial charge in [-0.1, -0.05) is 53.3 Å². The standard InChI is InChI=1S/C25H22ClN3O3S/c1-32-13-12-27-23(30)18-7-4-6-17(14-18)16-29-21-10-2-3-11-22(21)33-25(29)28-24(31)19-8-5-9-20(26)15-19/h2-11,14-15H,12-13,16H2,1H3,(H,27,30). The number of nitrogens with zero attached hydrogens (tertiary/aromatic N) is 2. The van der Waals surface area contributed by atoms with Crippen LogP contribution in [0.4, 0.5) is 0 Å². The van der Waals surface area contributed by atoms with Gasteiger partial charge in [-0.25, -0.2) is 0 Å². The van der Waals surface area contributed by atoms with Crippen molar-refractivity contribution in [2.75, 3.05) is 20.3 Å². The summed E-state index contributed by atoms with van der Waals surface area (Å²) in [5.74, 6) is -0.515. The highest BCUT2D eigenvalue weighted by molar-refractivity contribution is 7.16. The number of amides is 2. The fourth-order valence-corrected chi connectivity index (χ4v) is 4.61. The minimum absolute atomic E-state index is 0.157. The van der Waals surface area contributed by atoms with E-state index < -0.39 is 0 Å². The number of aromatic nitrogens is 1. The van der Waals surface area contributed by atoms with E-state index in [0.717, 1.165) is 15.8 Å². The SMILES string of the molecule is COCCNC(=O)c1cccc(Cn2c(=NC(=O)c3cccc(Cl)c3)sc3ccccc32)c1.